The average molecular weight is 414 g/mol. The average Bonchev–Trinajstić information content (AvgIpc) is 2.74. The Kier molecular flexibility index (Phi) is 5.23. The molecule has 0 saturated heterocycles. The maximum absolute atomic E-state index is 11.9. The third-order valence-electron chi connectivity index (χ3n) is 4.68. The molecule has 4 rings (SSSR count). The lowest BCUT2D eigenvalue weighted by Gasteiger charge is -2.12. The molecule has 2 heterocycles. The highest BCUT2D eigenvalue weighted by molar-refractivity contribution is 5.95. The number of nitrogens with one attached hydrogen (secondary N) is 2. The van der Waals surface area contributed by atoms with Crippen molar-refractivity contribution in [2.45, 2.75) is 13.8 Å². The number of hydrogen-bond acceptors (Lipinski definition) is 8. The lowest BCUT2D eigenvalue weighted by atomic mass is 10.1. The van der Waals surface area contributed by atoms with Crippen LogP contribution < -0.4 is 10.6 Å². The van der Waals surface area contributed by atoms with Crippen LogP contribution in [0.2, 0.25) is 0 Å². The van der Waals surface area contributed by atoms with Gasteiger partial charge in [0, 0.05) is 28.0 Å². The van der Waals surface area contributed by atoms with Crippen LogP contribution in [0, 0.1) is 17.0 Å². The first-order chi connectivity index (χ1) is 14.9. The Morgan fingerprint density at radius 1 is 0.968 bits per heavy atom. The molecule has 2 aromatic carbocycles. The molecule has 0 aliphatic rings. The maximum atomic E-state index is 11.9. The zero-order chi connectivity index (χ0) is 22.0. The summed E-state index contributed by atoms with van der Waals surface area (Å²) in [5, 5.41) is 18.7. The van der Waals surface area contributed by atoms with E-state index in [2.05, 4.69) is 25.6 Å². The molecule has 9 nitrogen and oxygen atoms in total. The first kappa shape index (κ1) is 19.9. The highest BCUT2D eigenvalue weighted by Gasteiger charge is 2.24. The molecule has 0 saturated carbocycles. The van der Waals surface area contributed by atoms with Crippen molar-refractivity contribution in [3.8, 4) is 0 Å². The molecule has 2 aromatic heterocycles. The number of pyridine rings is 1. The Morgan fingerprint density at radius 3 is 2.35 bits per heavy atom. The van der Waals surface area contributed by atoms with Crippen LogP contribution in [0.15, 0.2) is 60.9 Å². The third kappa shape index (κ3) is 4.15. The summed E-state index contributed by atoms with van der Waals surface area (Å²) in [4.78, 5) is 35.4. The molecule has 0 radical (unpaired) electrons. The van der Waals surface area contributed by atoms with E-state index in [-0.39, 0.29) is 23.1 Å². The standard InChI is InChI=1S/C22H18N6O3/c1-13-6-11-17-18(25-13)4-3-5-19(17)27-22-20(28(30)31)21(23-12-24-22)26-16-9-7-15(8-10-16)14(2)29/h3-12H,1-2H3,(H2,23,24,26,27). The molecule has 0 spiro atoms. The van der Waals surface area contributed by atoms with Gasteiger partial charge in [0.25, 0.3) is 0 Å². The summed E-state index contributed by atoms with van der Waals surface area (Å²) < 4.78 is 0. The number of nitrogens with zero attached hydrogens (tertiary/aromatic N) is 4. The Labute approximate surface area is 177 Å². The Balaban J connectivity index is 1.71. The van der Waals surface area contributed by atoms with Gasteiger partial charge in [0.15, 0.2) is 5.78 Å². The predicted molar refractivity (Wildman–Crippen MR) is 118 cm³/mol. The normalized spacial score (nSPS) is 10.6. The maximum Gasteiger partial charge on any atom is 0.353 e. The van der Waals surface area contributed by atoms with E-state index in [1.165, 1.54) is 13.3 Å². The predicted octanol–water partition coefficient (Wildman–Crippen LogP) is 4.93. The van der Waals surface area contributed by atoms with Crippen molar-refractivity contribution in [2.24, 2.45) is 0 Å². The minimum Gasteiger partial charge on any atom is -0.334 e. The first-order valence-electron chi connectivity index (χ1n) is 9.43. The number of rotatable bonds is 6. The van der Waals surface area contributed by atoms with Crippen LogP contribution in [0.1, 0.15) is 23.0 Å². The SMILES string of the molecule is CC(=O)c1ccc(Nc2ncnc(Nc3cccc4nc(C)ccc34)c2[N+](=O)[O-])cc1. The van der Waals surface area contributed by atoms with E-state index in [1.807, 2.05) is 31.2 Å². The second-order valence-electron chi connectivity index (χ2n) is 6.89. The van der Waals surface area contributed by atoms with Crippen LogP contribution in [0.3, 0.4) is 0 Å². The number of fused-ring (bicyclic) bond motifs is 1. The molecule has 0 bridgehead atoms. The summed E-state index contributed by atoms with van der Waals surface area (Å²) in [5.74, 6) is 0.0223. The highest BCUT2D eigenvalue weighted by Crippen LogP contribution is 2.34. The number of nitro groups is 1. The van der Waals surface area contributed by atoms with E-state index in [0.29, 0.717) is 16.9 Å². The smallest absolute Gasteiger partial charge is 0.334 e. The fourth-order valence-electron chi connectivity index (χ4n) is 3.15. The minimum atomic E-state index is -0.540. The topological polar surface area (TPSA) is 123 Å². The molecule has 0 aliphatic carbocycles. The van der Waals surface area contributed by atoms with Crippen molar-refractivity contribution in [1.82, 2.24) is 15.0 Å². The summed E-state index contributed by atoms with van der Waals surface area (Å²) in [6.45, 7) is 3.37. The van der Waals surface area contributed by atoms with Crippen LogP contribution in [0.4, 0.5) is 28.7 Å². The molecular weight excluding hydrogens is 396 g/mol. The Hall–Kier alpha value is -4.40. The summed E-state index contributed by atoms with van der Waals surface area (Å²) in [6, 6.07) is 15.9. The summed E-state index contributed by atoms with van der Waals surface area (Å²) in [6.07, 6.45) is 1.25. The Morgan fingerprint density at radius 2 is 1.68 bits per heavy atom. The van der Waals surface area contributed by atoms with Gasteiger partial charge in [-0.3, -0.25) is 19.9 Å². The highest BCUT2D eigenvalue weighted by atomic mass is 16.6. The van der Waals surface area contributed by atoms with Gasteiger partial charge in [-0.2, -0.15) is 0 Å². The number of benzene rings is 2. The number of aryl methyl sites for hydroxylation is 1. The number of ketones is 1. The molecule has 9 heteroatoms. The van der Waals surface area contributed by atoms with Crippen LogP contribution in [0.5, 0.6) is 0 Å². The van der Waals surface area contributed by atoms with E-state index in [1.54, 1.807) is 30.3 Å². The fourth-order valence-corrected chi connectivity index (χ4v) is 3.15. The van der Waals surface area contributed by atoms with E-state index in [0.717, 1.165) is 16.6 Å². The van der Waals surface area contributed by atoms with Gasteiger partial charge in [-0.25, -0.2) is 9.97 Å². The van der Waals surface area contributed by atoms with Crippen molar-refractivity contribution in [2.75, 3.05) is 10.6 Å². The van der Waals surface area contributed by atoms with Gasteiger partial charge in [0.2, 0.25) is 11.6 Å². The zero-order valence-electron chi connectivity index (χ0n) is 16.8. The second kappa shape index (κ2) is 8.15. The molecule has 0 fully saturated rings. The number of aromatic nitrogens is 3. The van der Waals surface area contributed by atoms with Crippen LogP contribution in [-0.4, -0.2) is 25.7 Å². The fraction of sp³-hybridized carbons (Fsp3) is 0.0909. The Bertz CT molecular complexity index is 1300. The molecule has 2 N–H and O–H groups in total. The molecule has 0 unspecified atom stereocenters. The lowest BCUT2D eigenvalue weighted by molar-refractivity contribution is -0.383. The largest absolute Gasteiger partial charge is 0.353 e. The van der Waals surface area contributed by atoms with E-state index < -0.39 is 4.92 Å². The summed E-state index contributed by atoms with van der Waals surface area (Å²) in [7, 11) is 0. The van der Waals surface area contributed by atoms with Crippen molar-refractivity contribution in [1.29, 1.82) is 0 Å². The number of carbonyl (C=O) groups excluding carboxylic acids is 1. The van der Waals surface area contributed by atoms with Crippen LogP contribution >= 0.6 is 0 Å². The van der Waals surface area contributed by atoms with Crippen molar-refractivity contribution in [3.05, 3.63) is 82.3 Å². The zero-order valence-corrected chi connectivity index (χ0v) is 16.8. The second-order valence-corrected chi connectivity index (χ2v) is 6.89. The quantitative estimate of drug-likeness (QED) is 0.259. The molecule has 0 atom stereocenters. The van der Waals surface area contributed by atoms with Crippen LogP contribution in [-0.2, 0) is 0 Å². The summed E-state index contributed by atoms with van der Waals surface area (Å²) in [5.41, 5.74) is 3.09. The van der Waals surface area contributed by atoms with Gasteiger partial charge < -0.3 is 10.6 Å². The van der Waals surface area contributed by atoms with Gasteiger partial charge in [0.05, 0.1) is 10.4 Å². The molecular formula is C22H18N6O3. The van der Waals surface area contributed by atoms with Gasteiger partial charge >= 0.3 is 5.69 Å². The van der Waals surface area contributed by atoms with Gasteiger partial charge in [0.1, 0.15) is 6.33 Å². The van der Waals surface area contributed by atoms with Crippen molar-refractivity contribution < 1.29 is 9.72 Å². The number of carbonyl (C=O) groups is 1. The number of hydrogen-bond donors (Lipinski definition) is 2. The lowest BCUT2D eigenvalue weighted by Crippen LogP contribution is -2.06. The van der Waals surface area contributed by atoms with Gasteiger partial charge in [-0.05, 0) is 62.4 Å². The summed E-state index contributed by atoms with van der Waals surface area (Å²) >= 11 is 0. The first-order valence-corrected chi connectivity index (χ1v) is 9.43. The third-order valence-corrected chi connectivity index (χ3v) is 4.68. The molecule has 0 amide bonds. The van der Waals surface area contributed by atoms with Gasteiger partial charge in [-0.1, -0.05) is 6.07 Å². The van der Waals surface area contributed by atoms with E-state index in [4.69, 9.17) is 0 Å². The van der Waals surface area contributed by atoms with Crippen LogP contribution in [0.25, 0.3) is 10.9 Å². The molecule has 31 heavy (non-hydrogen) atoms. The number of Topliss-reactive ketones (excluding diaryl/α,β-unsaturated/α-hetero) is 1. The monoisotopic (exact) mass is 414 g/mol. The molecule has 0 aliphatic heterocycles. The minimum absolute atomic E-state index is 0.0345. The van der Waals surface area contributed by atoms with E-state index in [9.17, 15) is 14.9 Å². The van der Waals surface area contributed by atoms with E-state index >= 15 is 0 Å². The molecule has 154 valence electrons. The van der Waals surface area contributed by atoms with Crippen molar-refractivity contribution in [3.63, 3.8) is 0 Å². The molecule has 4 aromatic rings. The van der Waals surface area contributed by atoms with Crippen molar-refractivity contribution >= 4 is 45.4 Å². The van der Waals surface area contributed by atoms with Gasteiger partial charge in [-0.15, -0.1) is 0 Å². The number of anilines is 4.